The van der Waals surface area contributed by atoms with E-state index in [1.807, 2.05) is 0 Å². The summed E-state index contributed by atoms with van der Waals surface area (Å²) in [4.78, 5) is 12.2. The molecule has 0 aliphatic rings. The molecule has 0 fully saturated rings. The summed E-state index contributed by atoms with van der Waals surface area (Å²) in [6.45, 7) is 3.30. The number of ether oxygens (including phenoxy) is 1. The maximum Gasteiger partial charge on any atom is 0.387 e. The van der Waals surface area contributed by atoms with Crippen LogP contribution in [0.3, 0.4) is 0 Å². The van der Waals surface area contributed by atoms with Gasteiger partial charge < -0.3 is 10.1 Å². The van der Waals surface area contributed by atoms with Gasteiger partial charge in [-0.25, -0.2) is 0 Å². The van der Waals surface area contributed by atoms with Crippen molar-refractivity contribution >= 4 is 21.8 Å². The first-order chi connectivity index (χ1) is 9.74. The fourth-order valence-electron chi connectivity index (χ4n) is 1.86. The summed E-state index contributed by atoms with van der Waals surface area (Å²) in [5.41, 5.74) is 0.350. The van der Waals surface area contributed by atoms with Crippen molar-refractivity contribution in [1.82, 2.24) is 5.32 Å². The van der Waals surface area contributed by atoms with Gasteiger partial charge in [0.05, 0.1) is 0 Å². The van der Waals surface area contributed by atoms with Crippen molar-refractivity contribution in [3.63, 3.8) is 0 Å². The van der Waals surface area contributed by atoms with Crippen molar-refractivity contribution in [2.75, 3.05) is 5.33 Å². The van der Waals surface area contributed by atoms with Crippen molar-refractivity contribution in [2.24, 2.45) is 5.41 Å². The van der Waals surface area contributed by atoms with E-state index in [0.29, 0.717) is 5.56 Å². The van der Waals surface area contributed by atoms with Gasteiger partial charge in [0.25, 0.3) is 5.91 Å². The van der Waals surface area contributed by atoms with Crippen LogP contribution in [0.4, 0.5) is 8.78 Å². The van der Waals surface area contributed by atoms with E-state index in [-0.39, 0.29) is 23.1 Å². The van der Waals surface area contributed by atoms with Crippen molar-refractivity contribution in [2.45, 2.75) is 39.8 Å². The molecule has 0 heterocycles. The maximum absolute atomic E-state index is 12.2. The first-order valence-corrected chi connectivity index (χ1v) is 7.78. The van der Waals surface area contributed by atoms with E-state index in [0.717, 1.165) is 11.8 Å². The zero-order valence-electron chi connectivity index (χ0n) is 12.3. The second-order valence-corrected chi connectivity index (χ2v) is 6.57. The molecule has 21 heavy (non-hydrogen) atoms. The van der Waals surface area contributed by atoms with Gasteiger partial charge in [0.2, 0.25) is 0 Å². The number of carbonyl (C=O) groups excluding carboxylic acids is 1. The van der Waals surface area contributed by atoms with Gasteiger partial charge in [-0.3, -0.25) is 4.79 Å². The largest absolute Gasteiger partial charge is 0.435 e. The van der Waals surface area contributed by atoms with E-state index in [2.05, 4.69) is 46.8 Å². The van der Waals surface area contributed by atoms with Crippen LogP contribution in [0.5, 0.6) is 5.75 Å². The average molecular weight is 364 g/mol. The van der Waals surface area contributed by atoms with Crippen LogP contribution in [-0.4, -0.2) is 23.9 Å². The third-order valence-electron chi connectivity index (χ3n) is 3.09. The minimum atomic E-state index is -2.87. The molecule has 1 aromatic carbocycles. The minimum Gasteiger partial charge on any atom is -0.435 e. The molecule has 0 radical (unpaired) electrons. The van der Waals surface area contributed by atoms with Crippen LogP contribution in [0.25, 0.3) is 0 Å². The predicted molar refractivity (Wildman–Crippen MR) is 82.2 cm³/mol. The van der Waals surface area contributed by atoms with Gasteiger partial charge in [0.15, 0.2) is 0 Å². The van der Waals surface area contributed by atoms with Crippen LogP contribution < -0.4 is 10.1 Å². The molecule has 0 aromatic heterocycles. The van der Waals surface area contributed by atoms with E-state index >= 15 is 0 Å². The Morgan fingerprint density at radius 2 is 1.86 bits per heavy atom. The zero-order valence-corrected chi connectivity index (χ0v) is 13.9. The van der Waals surface area contributed by atoms with Crippen molar-refractivity contribution in [1.29, 1.82) is 0 Å². The molecule has 1 amide bonds. The Labute approximate surface area is 132 Å². The first-order valence-electron chi connectivity index (χ1n) is 6.65. The summed E-state index contributed by atoms with van der Waals surface area (Å²) < 4.78 is 28.4. The molecule has 1 unspecified atom stereocenters. The molecule has 1 N–H and O–H groups in total. The number of amides is 1. The zero-order chi connectivity index (χ0) is 16.0. The highest BCUT2D eigenvalue weighted by Gasteiger charge is 2.25. The second-order valence-electron chi connectivity index (χ2n) is 5.77. The Kier molecular flexibility index (Phi) is 6.58. The Hall–Kier alpha value is -1.17. The number of hydrogen-bond acceptors (Lipinski definition) is 2. The lowest BCUT2D eigenvalue weighted by Gasteiger charge is -2.31. The predicted octanol–water partition coefficient (Wildman–Crippen LogP) is 4.22. The van der Waals surface area contributed by atoms with Crippen molar-refractivity contribution < 1.29 is 18.3 Å². The molecule has 1 aromatic rings. The number of nitrogens with one attached hydrogen (secondary N) is 1. The van der Waals surface area contributed by atoms with E-state index in [1.165, 1.54) is 24.3 Å². The van der Waals surface area contributed by atoms with E-state index in [9.17, 15) is 13.6 Å². The molecule has 118 valence electrons. The lowest BCUT2D eigenvalue weighted by atomic mass is 9.85. The van der Waals surface area contributed by atoms with Crippen molar-refractivity contribution in [3.8, 4) is 5.75 Å². The molecule has 0 spiro atoms. The van der Waals surface area contributed by atoms with Gasteiger partial charge in [-0.1, -0.05) is 36.7 Å². The number of hydrogen-bond donors (Lipinski definition) is 1. The lowest BCUT2D eigenvalue weighted by molar-refractivity contribution is -0.0498. The standard InChI is InChI=1S/C15H20BrF2NO2/c1-15(2,3)12(8-9-16)19-13(20)10-4-6-11(7-5-10)21-14(17)18/h4-7,12,14H,8-9H2,1-3H3,(H,19,20). The van der Waals surface area contributed by atoms with Crippen LogP contribution in [-0.2, 0) is 0 Å². The summed E-state index contributed by atoms with van der Waals surface area (Å²) in [5, 5.41) is 3.76. The maximum atomic E-state index is 12.2. The van der Waals surface area contributed by atoms with E-state index in [1.54, 1.807) is 0 Å². The Morgan fingerprint density at radius 3 is 2.29 bits per heavy atom. The number of halogens is 3. The molecular formula is C15H20BrF2NO2. The van der Waals surface area contributed by atoms with E-state index < -0.39 is 6.61 Å². The Morgan fingerprint density at radius 1 is 1.29 bits per heavy atom. The summed E-state index contributed by atoms with van der Waals surface area (Å²) in [5.74, 6) is -0.186. The van der Waals surface area contributed by atoms with Crippen LogP contribution in [0, 0.1) is 5.41 Å². The SMILES string of the molecule is CC(C)(C)C(CCBr)NC(=O)c1ccc(OC(F)F)cc1. The van der Waals surface area contributed by atoms with Crippen LogP contribution in [0.2, 0.25) is 0 Å². The topological polar surface area (TPSA) is 38.3 Å². The second kappa shape index (κ2) is 7.73. The van der Waals surface area contributed by atoms with Gasteiger partial charge in [-0.15, -0.1) is 0 Å². The molecule has 0 saturated carbocycles. The molecule has 1 rings (SSSR count). The average Bonchev–Trinajstić information content (AvgIpc) is 2.37. The van der Waals surface area contributed by atoms with Gasteiger partial charge in [-0.05, 0) is 36.1 Å². The number of rotatable bonds is 6. The molecule has 6 heteroatoms. The molecule has 0 bridgehead atoms. The summed E-state index contributed by atoms with van der Waals surface area (Å²) in [6, 6.07) is 5.68. The first kappa shape index (κ1) is 17.9. The Bertz CT molecular complexity index is 458. The van der Waals surface area contributed by atoms with Crippen LogP contribution >= 0.6 is 15.9 Å². The molecule has 0 saturated heterocycles. The molecule has 0 aliphatic carbocycles. The van der Waals surface area contributed by atoms with Crippen LogP contribution in [0.1, 0.15) is 37.6 Å². The van der Waals surface area contributed by atoms with Crippen LogP contribution in [0.15, 0.2) is 24.3 Å². The fraction of sp³-hybridized carbons (Fsp3) is 0.533. The molecular weight excluding hydrogens is 344 g/mol. The summed E-state index contributed by atoms with van der Waals surface area (Å²) >= 11 is 3.38. The number of benzene rings is 1. The fourth-order valence-corrected chi connectivity index (χ4v) is 2.32. The normalized spacial score (nSPS) is 13.1. The highest BCUT2D eigenvalue weighted by molar-refractivity contribution is 9.09. The monoisotopic (exact) mass is 363 g/mol. The highest BCUT2D eigenvalue weighted by atomic mass is 79.9. The van der Waals surface area contributed by atoms with Gasteiger partial charge in [0.1, 0.15) is 5.75 Å². The third kappa shape index (κ3) is 5.99. The highest BCUT2D eigenvalue weighted by Crippen LogP contribution is 2.23. The molecule has 1 atom stereocenters. The van der Waals surface area contributed by atoms with Crippen molar-refractivity contribution in [3.05, 3.63) is 29.8 Å². The molecule has 3 nitrogen and oxygen atoms in total. The third-order valence-corrected chi connectivity index (χ3v) is 3.55. The van der Waals surface area contributed by atoms with Gasteiger partial charge >= 0.3 is 6.61 Å². The summed E-state index contributed by atoms with van der Waals surface area (Å²) in [6.07, 6.45) is 0.807. The minimum absolute atomic E-state index is 0.0152. The Balaban J connectivity index is 2.74. The smallest absolute Gasteiger partial charge is 0.387 e. The van der Waals surface area contributed by atoms with E-state index in [4.69, 9.17) is 0 Å². The molecule has 0 aliphatic heterocycles. The number of alkyl halides is 3. The quantitative estimate of drug-likeness (QED) is 0.768. The van der Waals surface area contributed by atoms with Gasteiger partial charge in [0, 0.05) is 16.9 Å². The van der Waals surface area contributed by atoms with Gasteiger partial charge in [-0.2, -0.15) is 8.78 Å². The number of carbonyl (C=O) groups is 1. The summed E-state index contributed by atoms with van der Waals surface area (Å²) in [7, 11) is 0. The lowest BCUT2D eigenvalue weighted by Crippen LogP contribution is -2.44.